The summed E-state index contributed by atoms with van der Waals surface area (Å²) in [6.07, 6.45) is 6.68. The van der Waals surface area contributed by atoms with Crippen LogP contribution in [0.4, 0.5) is 11.4 Å². The third-order valence-corrected chi connectivity index (χ3v) is 8.11. The molecule has 0 saturated carbocycles. The van der Waals surface area contributed by atoms with Crippen molar-refractivity contribution in [3.8, 4) is 11.4 Å². The van der Waals surface area contributed by atoms with Crippen molar-refractivity contribution >= 4 is 11.4 Å². The van der Waals surface area contributed by atoms with Crippen LogP contribution in [-0.2, 0) is 16.0 Å². The molecule has 0 N–H and O–H groups in total. The van der Waals surface area contributed by atoms with Crippen molar-refractivity contribution in [2.45, 2.75) is 58.1 Å². The van der Waals surface area contributed by atoms with E-state index < -0.39 is 5.79 Å². The van der Waals surface area contributed by atoms with Gasteiger partial charge in [0.2, 0.25) is 0 Å². The van der Waals surface area contributed by atoms with Crippen molar-refractivity contribution < 1.29 is 14.2 Å². The molecule has 2 aromatic heterocycles. The third-order valence-electron chi connectivity index (χ3n) is 8.11. The minimum Gasteiger partial charge on any atom is -0.491 e. The van der Waals surface area contributed by atoms with Crippen LogP contribution in [0.15, 0.2) is 72.0 Å². The molecular formula is C31H40N8O4. The van der Waals surface area contributed by atoms with Gasteiger partial charge in [0, 0.05) is 37.6 Å². The Kier molecular flexibility index (Phi) is 8.48. The fourth-order valence-corrected chi connectivity index (χ4v) is 5.76. The summed E-state index contributed by atoms with van der Waals surface area (Å²) in [5, 5.41) is 12.6. The van der Waals surface area contributed by atoms with E-state index in [1.165, 1.54) is 5.69 Å². The van der Waals surface area contributed by atoms with E-state index >= 15 is 0 Å². The molecule has 1 unspecified atom stereocenters. The standard InChI is InChI=1S/C31H40N8O4/c1-4-5-24(2)39-30(40)37(23-34-39)27-8-6-25(7-9-27)35-16-18-36(19-17-35)26-10-12-28(13-11-26)41-20-29-21-42-31(3,43-29)22-38-32-14-15-33-38/h6-15,23-24,29H,4-5,16-22H2,1-3H3/t24?,29-,31+/m0/s1. The summed E-state index contributed by atoms with van der Waals surface area (Å²) in [7, 11) is 0. The zero-order chi connectivity index (χ0) is 29.8. The fourth-order valence-electron chi connectivity index (χ4n) is 5.76. The lowest BCUT2D eigenvalue weighted by atomic mass is 10.2. The van der Waals surface area contributed by atoms with Gasteiger partial charge in [0.1, 0.15) is 31.3 Å². The Morgan fingerprint density at radius 3 is 2.16 bits per heavy atom. The second-order valence-corrected chi connectivity index (χ2v) is 11.4. The van der Waals surface area contributed by atoms with Crippen molar-refractivity contribution in [2.24, 2.45) is 0 Å². The van der Waals surface area contributed by atoms with Gasteiger partial charge in [0.25, 0.3) is 0 Å². The highest BCUT2D eigenvalue weighted by Gasteiger charge is 2.38. The van der Waals surface area contributed by atoms with Crippen LogP contribution in [0.1, 0.15) is 39.7 Å². The smallest absolute Gasteiger partial charge is 0.350 e. The van der Waals surface area contributed by atoms with Gasteiger partial charge in [0.05, 0.1) is 30.7 Å². The lowest BCUT2D eigenvalue weighted by molar-refractivity contribution is -0.169. The molecule has 2 aromatic carbocycles. The Bertz CT molecular complexity index is 1510. The topological polar surface area (TPSA) is 105 Å². The molecule has 2 aliphatic rings. The predicted molar refractivity (Wildman–Crippen MR) is 163 cm³/mol. The van der Waals surface area contributed by atoms with Gasteiger partial charge in [-0.1, -0.05) is 13.3 Å². The van der Waals surface area contributed by atoms with E-state index in [0.717, 1.165) is 56.1 Å². The molecule has 4 aromatic rings. The molecule has 3 atom stereocenters. The lowest BCUT2D eigenvalue weighted by Crippen LogP contribution is -2.46. The molecule has 12 heteroatoms. The minimum atomic E-state index is -0.766. The number of hydrogen-bond acceptors (Lipinski definition) is 9. The van der Waals surface area contributed by atoms with E-state index in [1.54, 1.807) is 32.8 Å². The highest BCUT2D eigenvalue weighted by Crippen LogP contribution is 2.27. The molecule has 0 aliphatic carbocycles. The van der Waals surface area contributed by atoms with Gasteiger partial charge in [0.15, 0.2) is 5.79 Å². The number of piperazine rings is 1. The molecule has 12 nitrogen and oxygen atoms in total. The largest absolute Gasteiger partial charge is 0.491 e. The Labute approximate surface area is 251 Å². The molecule has 0 spiro atoms. The van der Waals surface area contributed by atoms with E-state index in [-0.39, 0.29) is 17.8 Å². The molecular weight excluding hydrogens is 548 g/mol. The molecule has 2 aliphatic heterocycles. The van der Waals surface area contributed by atoms with Crippen LogP contribution in [-0.4, -0.2) is 80.6 Å². The summed E-state index contributed by atoms with van der Waals surface area (Å²) in [5.41, 5.74) is 3.07. The lowest BCUT2D eigenvalue weighted by Gasteiger charge is -2.37. The van der Waals surface area contributed by atoms with Crippen molar-refractivity contribution in [1.29, 1.82) is 0 Å². The average Bonchev–Trinajstić information content (AvgIpc) is 3.77. The maximum Gasteiger partial charge on any atom is 0.350 e. The van der Waals surface area contributed by atoms with E-state index in [1.807, 2.05) is 38.1 Å². The normalized spacial score (nSPS) is 21.3. The minimum absolute atomic E-state index is 0.0912. The average molecular weight is 589 g/mol. The summed E-state index contributed by atoms with van der Waals surface area (Å²) in [5.74, 6) is 0.0373. The van der Waals surface area contributed by atoms with Gasteiger partial charge in [-0.3, -0.25) is 0 Å². The Balaban J connectivity index is 0.975. The SMILES string of the molecule is CCCC(C)n1ncn(-c2ccc(N3CCN(c4ccc(OC[C@H]5CO[C@@](C)(Cn6nccn6)O5)cc4)CC3)cc2)c1=O. The quantitative estimate of drug-likeness (QED) is 0.260. The van der Waals surface area contributed by atoms with Crippen LogP contribution in [0.3, 0.4) is 0 Å². The molecule has 4 heterocycles. The van der Waals surface area contributed by atoms with Crippen molar-refractivity contribution in [3.63, 3.8) is 0 Å². The van der Waals surface area contributed by atoms with Gasteiger partial charge in [-0.05, 0) is 68.8 Å². The van der Waals surface area contributed by atoms with Gasteiger partial charge in [-0.15, -0.1) is 0 Å². The van der Waals surface area contributed by atoms with Gasteiger partial charge in [-0.2, -0.15) is 20.1 Å². The summed E-state index contributed by atoms with van der Waals surface area (Å²) in [6.45, 7) is 11.0. The second kappa shape index (κ2) is 12.6. The summed E-state index contributed by atoms with van der Waals surface area (Å²) < 4.78 is 21.2. The van der Waals surface area contributed by atoms with Crippen molar-refractivity contribution in [3.05, 3.63) is 77.7 Å². The Hall–Kier alpha value is -4.16. The molecule has 2 fully saturated rings. The summed E-state index contributed by atoms with van der Waals surface area (Å²) in [4.78, 5) is 19.2. The number of anilines is 2. The maximum atomic E-state index is 12.9. The maximum absolute atomic E-state index is 12.9. The number of nitrogens with zero attached hydrogens (tertiary/aromatic N) is 8. The van der Waals surface area contributed by atoms with Crippen molar-refractivity contribution in [2.75, 3.05) is 49.2 Å². The van der Waals surface area contributed by atoms with E-state index in [0.29, 0.717) is 19.8 Å². The first-order valence-corrected chi connectivity index (χ1v) is 15.1. The van der Waals surface area contributed by atoms with Crippen molar-refractivity contribution in [1.82, 2.24) is 29.3 Å². The molecule has 228 valence electrons. The Morgan fingerprint density at radius 2 is 1.53 bits per heavy atom. The van der Waals surface area contributed by atoms with Gasteiger partial charge in [-0.25, -0.2) is 14.0 Å². The van der Waals surface area contributed by atoms with Gasteiger partial charge < -0.3 is 24.0 Å². The number of rotatable bonds is 11. The third kappa shape index (κ3) is 6.60. The fraction of sp³-hybridized carbons (Fsp3) is 0.484. The van der Waals surface area contributed by atoms with E-state index in [9.17, 15) is 4.79 Å². The first-order valence-electron chi connectivity index (χ1n) is 15.1. The monoisotopic (exact) mass is 588 g/mol. The summed E-state index contributed by atoms with van der Waals surface area (Å²) >= 11 is 0. The van der Waals surface area contributed by atoms with E-state index in [4.69, 9.17) is 14.2 Å². The van der Waals surface area contributed by atoms with Crippen LogP contribution in [0.5, 0.6) is 5.75 Å². The van der Waals surface area contributed by atoms with Crippen LogP contribution in [0.2, 0.25) is 0 Å². The first kappa shape index (κ1) is 28.9. The molecule has 43 heavy (non-hydrogen) atoms. The second-order valence-electron chi connectivity index (χ2n) is 11.4. The number of hydrogen-bond donors (Lipinski definition) is 0. The molecule has 0 radical (unpaired) electrons. The highest BCUT2D eigenvalue weighted by molar-refractivity contribution is 5.54. The zero-order valence-electron chi connectivity index (χ0n) is 25.1. The van der Waals surface area contributed by atoms with E-state index in [2.05, 4.69) is 56.3 Å². The Morgan fingerprint density at radius 1 is 0.930 bits per heavy atom. The van der Waals surface area contributed by atoms with Crippen LogP contribution in [0.25, 0.3) is 5.69 Å². The molecule has 0 bridgehead atoms. The number of ether oxygens (including phenoxy) is 3. The number of benzene rings is 2. The highest BCUT2D eigenvalue weighted by atomic mass is 16.7. The first-order chi connectivity index (χ1) is 20.9. The molecule has 2 saturated heterocycles. The van der Waals surface area contributed by atoms with Gasteiger partial charge >= 0.3 is 5.69 Å². The molecule has 0 amide bonds. The van der Waals surface area contributed by atoms with Crippen LogP contribution in [0, 0.1) is 0 Å². The summed E-state index contributed by atoms with van der Waals surface area (Å²) in [6, 6.07) is 16.5. The number of aromatic nitrogens is 6. The molecule has 6 rings (SSSR count). The van der Waals surface area contributed by atoms with Crippen LogP contribution < -0.4 is 20.2 Å². The zero-order valence-corrected chi connectivity index (χ0v) is 25.1. The predicted octanol–water partition coefficient (Wildman–Crippen LogP) is 3.52. The van der Waals surface area contributed by atoms with Crippen LogP contribution >= 0.6 is 0 Å².